The first-order valence-electron chi connectivity index (χ1n) is 5.61. The number of nitrogens with two attached hydrogens (primary N) is 1. The van der Waals surface area contributed by atoms with Gasteiger partial charge in [-0.15, -0.1) is 0 Å². The Morgan fingerprint density at radius 3 is 2.55 bits per heavy atom. The van der Waals surface area contributed by atoms with Crippen molar-refractivity contribution in [2.24, 2.45) is 5.73 Å². The minimum Gasteiger partial charge on any atom is -0.507 e. The zero-order chi connectivity index (χ0) is 15.3. The zero-order valence-electron chi connectivity index (χ0n) is 10.3. The number of nitrogens with one attached hydrogen (secondary N) is 1. The van der Waals surface area contributed by atoms with Crippen LogP contribution in [0.25, 0.3) is 0 Å². The third-order valence-corrected chi connectivity index (χ3v) is 2.98. The number of carboxylic acids is 1. The summed E-state index contributed by atoms with van der Waals surface area (Å²) in [6, 6.07) is 2.94. The summed E-state index contributed by atoms with van der Waals surface area (Å²) < 4.78 is 0.560. The van der Waals surface area contributed by atoms with Crippen LogP contribution in [0, 0.1) is 0 Å². The van der Waals surface area contributed by atoms with Crippen LogP contribution in [0.3, 0.4) is 0 Å². The number of benzene rings is 1. The van der Waals surface area contributed by atoms with E-state index < -0.39 is 23.8 Å². The predicted octanol–water partition coefficient (Wildman–Crippen LogP) is 0.603. The van der Waals surface area contributed by atoms with Gasteiger partial charge in [-0.25, -0.2) is 4.79 Å². The van der Waals surface area contributed by atoms with E-state index in [0.29, 0.717) is 4.47 Å². The molecule has 7 nitrogen and oxygen atoms in total. The summed E-state index contributed by atoms with van der Waals surface area (Å²) in [7, 11) is 0. The second-order valence-electron chi connectivity index (χ2n) is 4.03. The maximum absolute atomic E-state index is 11.9. The summed E-state index contributed by atoms with van der Waals surface area (Å²) >= 11 is 3.14. The molecular weight excluding hydrogens is 332 g/mol. The summed E-state index contributed by atoms with van der Waals surface area (Å²) in [5, 5.41) is 20.8. The summed E-state index contributed by atoms with van der Waals surface area (Å²) in [5.74, 6) is -2.96. The summed E-state index contributed by atoms with van der Waals surface area (Å²) in [5.41, 5.74) is 4.87. The van der Waals surface area contributed by atoms with Gasteiger partial charge in [-0.2, -0.15) is 0 Å². The van der Waals surface area contributed by atoms with Crippen LogP contribution in [-0.2, 0) is 9.59 Å². The Hall–Kier alpha value is -2.09. The Balaban J connectivity index is 2.82. The molecule has 0 fully saturated rings. The molecule has 20 heavy (non-hydrogen) atoms. The number of phenols is 1. The number of aliphatic carboxylic acids is 1. The highest BCUT2D eigenvalue weighted by Gasteiger charge is 2.22. The molecule has 1 aromatic rings. The zero-order valence-corrected chi connectivity index (χ0v) is 11.9. The smallest absolute Gasteiger partial charge is 0.326 e. The Labute approximate surface area is 122 Å². The number of hydrogen-bond acceptors (Lipinski definition) is 4. The van der Waals surface area contributed by atoms with Crippen molar-refractivity contribution in [3.63, 3.8) is 0 Å². The van der Waals surface area contributed by atoms with E-state index in [9.17, 15) is 19.5 Å². The Kier molecular flexibility index (Phi) is 5.51. The average Bonchev–Trinajstić information content (AvgIpc) is 2.36. The van der Waals surface area contributed by atoms with Crippen LogP contribution in [0.15, 0.2) is 22.7 Å². The lowest BCUT2D eigenvalue weighted by atomic mass is 10.1. The van der Waals surface area contributed by atoms with Gasteiger partial charge in [0.15, 0.2) is 0 Å². The number of phenolic OH excluding ortho intramolecular Hbond substituents is 1. The van der Waals surface area contributed by atoms with Crippen molar-refractivity contribution in [1.29, 1.82) is 0 Å². The van der Waals surface area contributed by atoms with Crippen LogP contribution >= 0.6 is 15.9 Å². The highest BCUT2D eigenvalue weighted by atomic mass is 79.9. The van der Waals surface area contributed by atoms with Gasteiger partial charge >= 0.3 is 5.97 Å². The number of primary amides is 1. The maximum atomic E-state index is 11.9. The van der Waals surface area contributed by atoms with Gasteiger partial charge in [0.2, 0.25) is 5.91 Å². The first-order chi connectivity index (χ1) is 9.31. The summed E-state index contributed by atoms with van der Waals surface area (Å²) in [6.07, 6.45) is -0.285. The van der Waals surface area contributed by atoms with Gasteiger partial charge in [-0.1, -0.05) is 15.9 Å². The van der Waals surface area contributed by atoms with E-state index in [1.807, 2.05) is 0 Å². The third kappa shape index (κ3) is 4.54. The minimum absolute atomic E-state index is 0.0651. The van der Waals surface area contributed by atoms with E-state index >= 15 is 0 Å². The molecule has 0 heterocycles. The molecule has 1 rings (SSSR count). The van der Waals surface area contributed by atoms with Gasteiger partial charge in [0.1, 0.15) is 11.8 Å². The number of carboxylic acid groups (broad SMARTS) is 1. The number of halogens is 1. The van der Waals surface area contributed by atoms with Crippen molar-refractivity contribution < 1.29 is 24.6 Å². The van der Waals surface area contributed by atoms with Crippen molar-refractivity contribution in [3.8, 4) is 5.75 Å². The fraction of sp³-hybridized carbons (Fsp3) is 0.250. The lowest BCUT2D eigenvalue weighted by Crippen LogP contribution is -2.41. The van der Waals surface area contributed by atoms with Crippen LogP contribution in [0.5, 0.6) is 5.75 Å². The molecule has 1 unspecified atom stereocenters. The van der Waals surface area contributed by atoms with Crippen molar-refractivity contribution in [1.82, 2.24) is 5.32 Å². The lowest BCUT2D eigenvalue weighted by Gasteiger charge is -2.14. The quantitative estimate of drug-likeness (QED) is 0.600. The normalized spacial score (nSPS) is 11.7. The Bertz CT molecular complexity index is 547. The molecule has 0 aliphatic heterocycles. The number of hydrogen-bond donors (Lipinski definition) is 4. The van der Waals surface area contributed by atoms with E-state index in [1.165, 1.54) is 18.2 Å². The molecule has 0 saturated carbocycles. The number of amides is 2. The topological polar surface area (TPSA) is 130 Å². The molecule has 8 heteroatoms. The molecule has 0 aliphatic rings. The van der Waals surface area contributed by atoms with E-state index in [-0.39, 0.29) is 24.2 Å². The first kappa shape index (κ1) is 16.0. The molecule has 0 bridgehead atoms. The van der Waals surface area contributed by atoms with Crippen molar-refractivity contribution in [2.45, 2.75) is 18.9 Å². The lowest BCUT2D eigenvalue weighted by molar-refractivity contribution is -0.139. The highest BCUT2D eigenvalue weighted by molar-refractivity contribution is 9.10. The SMILES string of the molecule is NC(=O)CCC(NC(=O)c1cc(Br)ccc1O)C(=O)O. The van der Waals surface area contributed by atoms with E-state index in [0.717, 1.165) is 0 Å². The average molecular weight is 345 g/mol. The monoisotopic (exact) mass is 344 g/mol. The molecule has 0 saturated heterocycles. The van der Waals surface area contributed by atoms with E-state index in [4.69, 9.17) is 10.8 Å². The third-order valence-electron chi connectivity index (χ3n) is 2.49. The predicted molar refractivity (Wildman–Crippen MR) is 73.1 cm³/mol. The number of carbonyl (C=O) groups is 3. The van der Waals surface area contributed by atoms with Gasteiger partial charge in [-0.05, 0) is 24.6 Å². The van der Waals surface area contributed by atoms with Gasteiger partial charge in [0.25, 0.3) is 5.91 Å². The summed E-state index contributed by atoms with van der Waals surface area (Å²) in [4.78, 5) is 33.5. The van der Waals surface area contributed by atoms with Gasteiger partial charge in [0.05, 0.1) is 5.56 Å². The standard InChI is InChI=1S/C12H13BrN2O5/c13-6-1-3-9(16)7(5-6)11(18)15-8(12(19)20)2-4-10(14)17/h1,3,5,8,16H,2,4H2,(H2,14,17)(H,15,18)(H,19,20). The second kappa shape index (κ2) is 6.90. The maximum Gasteiger partial charge on any atom is 0.326 e. The number of aromatic hydroxyl groups is 1. The minimum atomic E-state index is -1.28. The molecule has 1 atom stereocenters. The molecule has 5 N–H and O–H groups in total. The van der Waals surface area contributed by atoms with Gasteiger partial charge in [0, 0.05) is 10.9 Å². The van der Waals surface area contributed by atoms with Crippen molar-refractivity contribution in [3.05, 3.63) is 28.2 Å². The van der Waals surface area contributed by atoms with Crippen LogP contribution in [-0.4, -0.2) is 34.0 Å². The molecular formula is C12H13BrN2O5. The van der Waals surface area contributed by atoms with Crippen LogP contribution < -0.4 is 11.1 Å². The molecule has 1 aromatic carbocycles. The fourth-order valence-corrected chi connectivity index (χ4v) is 1.83. The van der Waals surface area contributed by atoms with Crippen LogP contribution in [0.4, 0.5) is 0 Å². The molecule has 0 spiro atoms. The van der Waals surface area contributed by atoms with Crippen LogP contribution in [0.2, 0.25) is 0 Å². The highest BCUT2D eigenvalue weighted by Crippen LogP contribution is 2.21. The van der Waals surface area contributed by atoms with E-state index in [1.54, 1.807) is 0 Å². The number of carbonyl (C=O) groups excluding carboxylic acids is 2. The molecule has 2 amide bonds. The van der Waals surface area contributed by atoms with Gasteiger partial charge < -0.3 is 21.3 Å². The Morgan fingerprint density at radius 1 is 1.35 bits per heavy atom. The largest absolute Gasteiger partial charge is 0.507 e. The number of rotatable bonds is 6. The van der Waals surface area contributed by atoms with Gasteiger partial charge in [-0.3, -0.25) is 9.59 Å². The van der Waals surface area contributed by atoms with E-state index in [2.05, 4.69) is 21.2 Å². The fourth-order valence-electron chi connectivity index (χ4n) is 1.47. The second-order valence-corrected chi connectivity index (χ2v) is 4.95. The molecule has 0 aromatic heterocycles. The van der Waals surface area contributed by atoms with Crippen molar-refractivity contribution >= 4 is 33.7 Å². The van der Waals surface area contributed by atoms with Crippen molar-refractivity contribution in [2.75, 3.05) is 0 Å². The molecule has 108 valence electrons. The molecule has 0 aliphatic carbocycles. The first-order valence-corrected chi connectivity index (χ1v) is 6.41. The molecule has 0 radical (unpaired) electrons. The summed E-state index contributed by atoms with van der Waals surface area (Å²) in [6.45, 7) is 0. The van der Waals surface area contributed by atoms with Crippen LogP contribution in [0.1, 0.15) is 23.2 Å². The Morgan fingerprint density at radius 2 is 2.00 bits per heavy atom.